The maximum absolute atomic E-state index is 12.3. The van der Waals surface area contributed by atoms with E-state index in [1.165, 1.54) is 0 Å². The van der Waals surface area contributed by atoms with Crippen molar-refractivity contribution in [2.45, 2.75) is 0 Å². The highest BCUT2D eigenvalue weighted by atomic mass is 16.2. The lowest BCUT2D eigenvalue weighted by Crippen LogP contribution is -2.14. The summed E-state index contributed by atoms with van der Waals surface area (Å²) in [5.74, 6) is -0.487. The van der Waals surface area contributed by atoms with Crippen LogP contribution in [0, 0.1) is 0 Å². The van der Waals surface area contributed by atoms with E-state index in [2.05, 4.69) is 15.6 Å². The predicted molar refractivity (Wildman–Crippen MR) is 93.0 cm³/mol. The molecule has 5 heteroatoms. The van der Waals surface area contributed by atoms with E-state index in [9.17, 15) is 9.59 Å². The highest BCUT2D eigenvalue weighted by Crippen LogP contribution is 2.14. The number of pyridine rings is 1. The molecule has 3 rings (SSSR count). The van der Waals surface area contributed by atoms with Gasteiger partial charge in [0.15, 0.2) is 0 Å². The lowest BCUT2D eigenvalue weighted by atomic mass is 10.1. The number of nitrogens with zero attached hydrogens (tertiary/aromatic N) is 1. The number of carbonyl (C=O) groups is 2. The summed E-state index contributed by atoms with van der Waals surface area (Å²) in [4.78, 5) is 28.4. The van der Waals surface area contributed by atoms with Crippen molar-refractivity contribution >= 4 is 23.2 Å². The Morgan fingerprint density at radius 3 is 2.12 bits per heavy atom. The highest BCUT2D eigenvalue weighted by molar-refractivity contribution is 6.07. The molecule has 0 aliphatic carbocycles. The minimum atomic E-state index is -0.265. The van der Waals surface area contributed by atoms with Gasteiger partial charge in [-0.25, -0.2) is 0 Å². The van der Waals surface area contributed by atoms with Gasteiger partial charge in [0.1, 0.15) is 0 Å². The Morgan fingerprint density at radius 1 is 0.708 bits per heavy atom. The Bertz CT molecular complexity index is 849. The fourth-order valence-electron chi connectivity index (χ4n) is 2.17. The normalized spacial score (nSPS) is 10.0. The van der Waals surface area contributed by atoms with Crippen LogP contribution in [0.5, 0.6) is 0 Å². The molecule has 118 valence electrons. The second-order valence-corrected chi connectivity index (χ2v) is 5.10. The first-order valence-electron chi connectivity index (χ1n) is 7.40. The third kappa shape index (κ3) is 3.84. The van der Waals surface area contributed by atoms with Crippen LogP contribution in [0.15, 0.2) is 79.1 Å². The Morgan fingerprint density at radius 2 is 1.38 bits per heavy atom. The molecule has 0 saturated heterocycles. The zero-order valence-corrected chi connectivity index (χ0v) is 12.8. The first kappa shape index (κ1) is 15.4. The SMILES string of the molecule is O=C(Nc1cccc(C(=O)Nc2cccnc2)c1)c1ccccc1. The Labute approximate surface area is 139 Å². The van der Waals surface area contributed by atoms with Gasteiger partial charge in [0.25, 0.3) is 11.8 Å². The molecule has 0 fully saturated rings. The van der Waals surface area contributed by atoms with E-state index in [1.54, 1.807) is 73.1 Å². The number of rotatable bonds is 4. The second-order valence-electron chi connectivity index (χ2n) is 5.10. The van der Waals surface area contributed by atoms with Gasteiger partial charge in [-0.2, -0.15) is 0 Å². The van der Waals surface area contributed by atoms with Gasteiger partial charge < -0.3 is 10.6 Å². The minimum absolute atomic E-state index is 0.222. The standard InChI is InChI=1S/C19H15N3O2/c23-18(14-6-2-1-3-7-14)21-16-9-4-8-15(12-16)19(24)22-17-10-5-11-20-13-17/h1-13H,(H,21,23)(H,22,24). The summed E-state index contributed by atoms with van der Waals surface area (Å²) in [6.07, 6.45) is 3.20. The zero-order valence-electron chi connectivity index (χ0n) is 12.8. The molecule has 0 unspecified atom stereocenters. The number of aromatic nitrogens is 1. The second kappa shape index (κ2) is 7.19. The van der Waals surface area contributed by atoms with Crippen LogP contribution in [0.25, 0.3) is 0 Å². The van der Waals surface area contributed by atoms with Crippen molar-refractivity contribution in [3.05, 3.63) is 90.3 Å². The van der Waals surface area contributed by atoms with Crippen molar-refractivity contribution in [3.63, 3.8) is 0 Å². The van der Waals surface area contributed by atoms with Crippen LogP contribution < -0.4 is 10.6 Å². The number of benzene rings is 2. The molecule has 0 saturated carbocycles. The number of hydrogen-bond acceptors (Lipinski definition) is 3. The van der Waals surface area contributed by atoms with Gasteiger partial charge in [-0.15, -0.1) is 0 Å². The lowest BCUT2D eigenvalue weighted by molar-refractivity contribution is 0.101. The Hall–Kier alpha value is -3.47. The van der Waals surface area contributed by atoms with Gasteiger partial charge >= 0.3 is 0 Å². The van der Waals surface area contributed by atoms with Gasteiger partial charge in [-0.1, -0.05) is 24.3 Å². The van der Waals surface area contributed by atoms with Gasteiger partial charge in [-0.3, -0.25) is 14.6 Å². The molecule has 2 aromatic carbocycles. The van der Waals surface area contributed by atoms with Crippen molar-refractivity contribution in [2.75, 3.05) is 10.6 Å². The summed E-state index contributed by atoms with van der Waals surface area (Å²) in [5.41, 5.74) is 2.18. The Balaban J connectivity index is 1.72. The average molecular weight is 317 g/mol. The first-order valence-corrected chi connectivity index (χ1v) is 7.40. The van der Waals surface area contributed by atoms with E-state index in [0.29, 0.717) is 22.5 Å². The summed E-state index contributed by atoms with van der Waals surface area (Å²) < 4.78 is 0. The first-order chi connectivity index (χ1) is 11.7. The fraction of sp³-hybridized carbons (Fsp3) is 0. The van der Waals surface area contributed by atoms with Crippen LogP contribution in [0.3, 0.4) is 0 Å². The number of carbonyl (C=O) groups excluding carboxylic acids is 2. The number of anilines is 2. The van der Waals surface area contributed by atoms with E-state index >= 15 is 0 Å². The van der Waals surface area contributed by atoms with Gasteiger partial charge in [0, 0.05) is 23.0 Å². The molecule has 2 amide bonds. The molecule has 24 heavy (non-hydrogen) atoms. The van der Waals surface area contributed by atoms with Crippen LogP contribution in [-0.4, -0.2) is 16.8 Å². The molecule has 0 aliphatic rings. The molecule has 0 bridgehead atoms. The van der Waals surface area contributed by atoms with E-state index in [-0.39, 0.29) is 11.8 Å². The third-order valence-corrected chi connectivity index (χ3v) is 3.34. The Kier molecular flexibility index (Phi) is 4.62. The van der Waals surface area contributed by atoms with Crippen molar-refractivity contribution < 1.29 is 9.59 Å². The summed E-state index contributed by atoms with van der Waals surface area (Å²) in [6, 6.07) is 19.2. The maximum atomic E-state index is 12.3. The number of nitrogens with one attached hydrogen (secondary N) is 2. The third-order valence-electron chi connectivity index (χ3n) is 3.34. The van der Waals surface area contributed by atoms with E-state index in [1.807, 2.05) is 6.07 Å². The van der Waals surface area contributed by atoms with E-state index < -0.39 is 0 Å². The number of amides is 2. The molecule has 1 heterocycles. The maximum Gasteiger partial charge on any atom is 0.255 e. The molecule has 3 aromatic rings. The quantitative estimate of drug-likeness (QED) is 0.772. The molecule has 2 N–H and O–H groups in total. The van der Waals surface area contributed by atoms with Gasteiger partial charge in [-0.05, 0) is 42.5 Å². The van der Waals surface area contributed by atoms with Crippen molar-refractivity contribution in [1.82, 2.24) is 4.98 Å². The van der Waals surface area contributed by atoms with Gasteiger partial charge in [0.05, 0.1) is 11.9 Å². The molecular weight excluding hydrogens is 302 g/mol. The molecule has 0 aliphatic heterocycles. The lowest BCUT2D eigenvalue weighted by Gasteiger charge is -2.08. The van der Waals surface area contributed by atoms with Crippen molar-refractivity contribution in [2.24, 2.45) is 0 Å². The highest BCUT2D eigenvalue weighted by Gasteiger charge is 2.09. The van der Waals surface area contributed by atoms with E-state index in [4.69, 9.17) is 0 Å². The summed E-state index contributed by atoms with van der Waals surface area (Å²) in [5, 5.41) is 5.54. The van der Waals surface area contributed by atoms with Crippen molar-refractivity contribution in [1.29, 1.82) is 0 Å². The number of hydrogen-bond donors (Lipinski definition) is 2. The van der Waals surface area contributed by atoms with Crippen LogP contribution in [0.2, 0.25) is 0 Å². The van der Waals surface area contributed by atoms with Crippen LogP contribution >= 0.6 is 0 Å². The molecule has 0 atom stereocenters. The smallest absolute Gasteiger partial charge is 0.255 e. The molecule has 5 nitrogen and oxygen atoms in total. The minimum Gasteiger partial charge on any atom is -0.322 e. The van der Waals surface area contributed by atoms with E-state index in [0.717, 1.165) is 0 Å². The van der Waals surface area contributed by atoms with Gasteiger partial charge in [0.2, 0.25) is 0 Å². The summed E-state index contributed by atoms with van der Waals surface area (Å²) in [7, 11) is 0. The average Bonchev–Trinajstić information content (AvgIpc) is 2.63. The molecule has 1 aromatic heterocycles. The largest absolute Gasteiger partial charge is 0.322 e. The topological polar surface area (TPSA) is 71.1 Å². The summed E-state index contributed by atoms with van der Waals surface area (Å²) in [6.45, 7) is 0. The monoisotopic (exact) mass is 317 g/mol. The van der Waals surface area contributed by atoms with Crippen LogP contribution in [-0.2, 0) is 0 Å². The molecule has 0 spiro atoms. The summed E-state index contributed by atoms with van der Waals surface area (Å²) >= 11 is 0. The van der Waals surface area contributed by atoms with Crippen LogP contribution in [0.1, 0.15) is 20.7 Å². The fourth-order valence-corrected chi connectivity index (χ4v) is 2.17. The van der Waals surface area contributed by atoms with Crippen molar-refractivity contribution in [3.8, 4) is 0 Å². The predicted octanol–water partition coefficient (Wildman–Crippen LogP) is 3.59. The van der Waals surface area contributed by atoms with Crippen LogP contribution in [0.4, 0.5) is 11.4 Å². The molecule has 0 radical (unpaired) electrons. The zero-order chi connectivity index (χ0) is 16.8. The molecular formula is C19H15N3O2.